The molecule has 1 atom stereocenters. The van der Waals surface area contributed by atoms with E-state index in [0.29, 0.717) is 35.8 Å². The van der Waals surface area contributed by atoms with Crippen molar-refractivity contribution < 1.29 is 9.53 Å². The number of ether oxygens (including phenoxy) is 1. The number of hydrogen-bond donors (Lipinski definition) is 1. The number of amides is 1. The van der Waals surface area contributed by atoms with Crippen molar-refractivity contribution in [2.75, 3.05) is 20.3 Å². The van der Waals surface area contributed by atoms with Crippen LogP contribution in [0.15, 0.2) is 45.9 Å². The van der Waals surface area contributed by atoms with Gasteiger partial charge in [-0.2, -0.15) is 0 Å². The van der Waals surface area contributed by atoms with E-state index >= 15 is 0 Å². The van der Waals surface area contributed by atoms with Gasteiger partial charge in [0, 0.05) is 13.7 Å². The zero-order chi connectivity index (χ0) is 20.6. The van der Waals surface area contributed by atoms with E-state index in [0.717, 1.165) is 19.3 Å². The Labute approximate surface area is 175 Å². The fraction of sp³-hybridized carbons (Fsp3) is 0.500. The van der Waals surface area contributed by atoms with Gasteiger partial charge in [0.25, 0.3) is 5.56 Å². The van der Waals surface area contributed by atoms with Crippen LogP contribution in [0.25, 0.3) is 10.9 Å². The van der Waals surface area contributed by atoms with E-state index in [9.17, 15) is 9.59 Å². The van der Waals surface area contributed by atoms with Gasteiger partial charge in [0.15, 0.2) is 5.16 Å². The van der Waals surface area contributed by atoms with Crippen LogP contribution in [0.5, 0.6) is 0 Å². The van der Waals surface area contributed by atoms with Gasteiger partial charge in [0.1, 0.15) is 0 Å². The van der Waals surface area contributed by atoms with Crippen LogP contribution in [0.1, 0.15) is 39.0 Å². The van der Waals surface area contributed by atoms with E-state index in [2.05, 4.69) is 16.4 Å². The van der Waals surface area contributed by atoms with Crippen molar-refractivity contribution >= 4 is 28.6 Å². The van der Waals surface area contributed by atoms with Crippen LogP contribution in [0.4, 0.5) is 0 Å². The zero-order valence-electron chi connectivity index (χ0n) is 17.1. The van der Waals surface area contributed by atoms with Gasteiger partial charge in [-0.05, 0) is 51.2 Å². The highest BCUT2D eigenvalue weighted by Crippen LogP contribution is 2.23. The molecule has 0 radical (unpaired) electrons. The Morgan fingerprint density at radius 1 is 1.34 bits per heavy atom. The quantitative estimate of drug-likeness (QED) is 0.385. The number of carbonyl (C=O) groups is 1. The third kappa shape index (κ3) is 5.70. The highest BCUT2D eigenvalue weighted by atomic mass is 32.2. The van der Waals surface area contributed by atoms with Crippen LogP contribution in [0.3, 0.4) is 0 Å². The molecule has 0 fully saturated rings. The smallest absolute Gasteiger partial charge is 0.262 e. The zero-order valence-corrected chi connectivity index (χ0v) is 18.0. The third-order valence-corrected chi connectivity index (χ3v) is 6.22. The molecular weight excluding hydrogens is 386 g/mol. The molecule has 1 aromatic heterocycles. The van der Waals surface area contributed by atoms with Crippen molar-refractivity contribution in [3.05, 3.63) is 46.3 Å². The van der Waals surface area contributed by atoms with E-state index in [1.165, 1.54) is 30.2 Å². The molecule has 6 nitrogen and oxygen atoms in total. The number of benzene rings is 1. The standard InChI is InChI=1S/C22H29N3O3S/c1-16(20(26)23-13-12-17-8-4-3-5-9-17)29-22-24-19-11-7-6-10-18(19)21(27)25(22)14-15-28-2/h6-8,10-11,16H,3-5,9,12-15H2,1-2H3,(H,23,26)/t16-/m0/s1. The van der Waals surface area contributed by atoms with Crippen molar-refractivity contribution in [2.24, 2.45) is 0 Å². The Bertz CT molecular complexity index is 939. The molecule has 7 heteroatoms. The van der Waals surface area contributed by atoms with Gasteiger partial charge in [-0.25, -0.2) is 4.98 Å². The predicted molar refractivity (Wildman–Crippen MR) is 117 cm³/mol. The first-order valence-corrected chi connectivity index (χ1v) is 11.1. The molecule has 0 bridgehead atoms. The number of carbonyl (C=O) groups excluding carboxylic acids is 1. The van der Waals surface area contributed by atoms with Crippen LogP contribution in [-0.4, -0.2) is 41.0 Å². The normalized spacial score (nSPS) is 15.2. The monoisotopic (exact) mass is 415 g/mol. The molecule has 1 aliphatic rings. The van der Waals surface area contributed by atoms with Crippen LogP contribution < -0.4 is 10.9 Å². The second-order valence-electron chi connectivity index (χ2n) is 7.27. The summed E-state index contributed by atoms with van der Waals surface area (Å²) in [6, 6.07) is 7.29. The molecule has 2 aromatic rings. The predicted octanol–water partition coefficient (Wildman–Crippen LogP) is 3.53. The van der Waals surface area contributed by atoms with Gasteiger partial charge >= 0.3 is 0 Å². The van der Waals surface area contributed by atoms with Crippen molar-refractivity contribution in [3.63, 3.8) is 0 Å². The molecule has 1 aromatic carbocycles. The number of fused-ring (bicyclic) bond motifs is 1. The molecule has 29 heavy (non-hydrogen) atoms. The summed E-state index contributed by atoms with van der Waals surface area (Å²) in [6.07, 6.45) is 8.04. The number of thioether (sulfide) groups is 1. The second kappa shape index (κ2) is 10.6. The molecule has 1 N–H and O–H groups in total. The molecule has 1 aliphatic carbocycles. The van der Waals surface area contributed by atoms with Gasteiger partial charge in [-0.1, -0.05) is 35.5 Å². The van der Waals surface area contributed by atoms with Gasteiger partial charge in [0.2, 0.25) is 5.91 Å². The van der Waals surface area contributed by atoms with Crippen molar-refractivity contribution in [2.45, 2.75) is 56.0 Å². The highest BCUT2D eigenvalue weighted by molar-refractivity contribution is 8.00. The molecule has 0 saturated carbocycles. The Morgan fingerprint density at radius 3 is 2.93 bits per heavy atom. The lowest BCUT2D eigenvalue weighted by molar-refractivity contribution is -0.120. The lowest BCUT2D eigenvalue weighted by Gasteiger charge is -2.17. The summed E-state index contributed by atoms with van der Waals surface area (Å²) in [4.78, 5) is 30.1. The van der Waals surface area contributed by atoms with E-state index in [-0.39, 0.29) is 16.7 Å². The maximum absolute atomic E-state index is 12.9. The first-order valence-electron chi connectivity index (χ1n) is 10.2. The number of methoxy groups -OCH3 is 1. The number of rotatable bonds is 9. The van der Waals surface area contributed by atoms with Gasteiger partial charge in [-0.15, -0.1) is 0 Å². The molecule has 1 heterocycles. The largest absolute Gasteiger partial charge is 0.383 e. The number of aromatic nitrogens is 2. The maximum atomic E-state index is 12.9. The van der Waals surface area contributed by atoms with Crippen molar-refractivity contribution in [3.8, 4) is 0 Å². The fourth-order valence-corrected chi connectivity index (χ4v) is 4.41. The summed E-state index contributed by atoms with van der Waals surface area (Å²) in [7, 11) is 1.60. The number of hydrogen-bond acceptors (Lipinski definition) is 5. The topological polar surface area (TPSA) is 73.2 Å². The van der Waals surface area contributed by atoms with E-state index in [4.69, 9.17) is 4.74 Å². The summed E-state index contributed by atoms with van der Waals surface area (Å²) in [5.41, 5.74) is 1.99. The summed E-state index contributed by atoms with van der Waals surface area (Å²) in [6.45, 7) is 3.31. The van der Waals surface area contributed by atoms with Crippen LogP contribution in [0.2, 0.25) is 0 Å². The van der Waals surface area contributed by atoms with Crippen LogP contribution in [-0.2, 0) is 16.1 Å². The van der Waals surface area contributed by atoms with Crippen LogP contribution >= 0.6 is 11.8 Å². The number of allylic oxidation sites excluding steroid dienone is 1. The first-order chi connectivity index (χ1) is 14.1. The summed E-state index contributed by atoms with van der Waals surface area (Å²) < 4.78 is 6.75. The molecule has 0 spiro atoms. The minimum absolute atomic E-state index is 0.0351. The minimum Gasteiger partial charge on any atom is -0.383 e. The summed E-state index contributed by atoms with van der Waals surface area (Å²) in [5, 5.41) is 3.79. The van der Waals surface area contributed by atoms with Crippen LogP contribution in [0, 0.1) is 0 Å². The maximum Gasteiger partial charge on any atom is 0.262 e. The summed E-state index contributed by atoms with van der Waals surface area (Å²) in [5.74, 6) is -0.0351. The lowest BCUT2D eigenvalue weighted by Crippen LogP contribution is -2.33. The number of para-hydroxylation sites is 1. The molecule has 1 amide bonds. The van der Waals surface area contributed by atoms with Gasteiger partial charge in [-0.3, -0.25) is 14.2 Å². The Balaban J connectivity index is 1.69. The molecule has 156 valence electrons. The third-order valence-electron chi connectivity index (χ3n) is 5.13. The second-order valence-corrected chi connectivity index (χ2v) is 8.58. The first kappa shape index (κ1) is 21.6. The Morgan fingerprint density at radius 2 is 2.17 bits per heavy atom. The van der Waals surface area contributed by atoms with Gasteiger partial charge < -0.3 is 10.1 Å². The molecule has 3 rings (SSSR count). The minimum atomic E-state index is -0.350. The number of nitrogens with one attached hydrogen (secondary N) is 1. The average Bonchev–Trinajstić information content (AvgIpc) is 2.74. The number of nitrogens with zero attached hydrogens (tertiary/aromatic N) is 2. The Kier molecular flexibility index (Phi) is 7.89. The Hall–Kier alpha value is -2.12. The summed E-state index contributed by atoms with van der Waals surface area (Å²) >= 11 is 1.31. The lowest BCUT2D eigenvalue weighted by atomic mass is 9.97. The van der Waals surface area contributed by atoms with Crippen molar-refractivity contribution in [1.82, 2.24) is 14.9 Å². The average molecular weight is 416 g/mol. The van der Waals surface area contributed by atoms with E-state index < -0.39 is 0 Å². The van der Waals surface area contributed by atoms with E-state index in [1.807, 2.05) is 25.1 Å². The van der Waals surface area contributed by atoms with Crippen molar-refractivity contribution in [1.29, 1.82) is 0 Å². The molecular formula is C22H29N3O3S. The molecule has 0 unspecified atom stereocenters. The van der Waals surface area contributed by atoms with Gasteiger partial charge in [0.05, 0.1) is 29.3 Å². The molecule has 0 aliphatic heterocycles. The van der Waals surface area contributed by atoms with E-state index in [1.54, 1.807) is 17.7 Å². The highest BCUT2D eigenvalue weighted by Gasteiger charge is 2.19. The fourth-order valence-electron chi connectivity index (χ4n) is 3.45. The molecule has 0 saturated heterocycles. The SMILES string of the molecule is COCCn1c(S[C@@H](C)C(=O)NCCC2=CCCCC2)nc2ccccc2c1=O.